The van der Waals surface area contributed by atoms with E-state index in [1.54, 1.807) is 18.2 Å². The number of fused-ring (bicyclic) bond motifs is 1. The first kappa shape index (κ1) is 15.8. The summed E-state index contributed by atoms with van der Waals surface area (Å²) in [5, 5.41) is 12.5. The summed E-state index contributed by atoms with van der Waals surface area (Å²) >= 11 is 0. The van der Waals surface area contributed by atoms with Crippen molar-refractivity contribution in [2.45, 2.75) is 19.3 Å². The molecule has 128 valence electrons. The van der Waals surface area contributed by atoms with E-state index in [-0.39, 0.29) is 5.56 Å². The van der Waals surface area contributed by atoms with E-state index >= 15 is 0 Å². The highest BCUT2D eigenvalue weighted by atomic mass is 16.4. The second kappa shape index (κ2) is 6.69. The Morgan fingerprint density at radius 2 is 1.88 bits per heavy atom. The van der Waals surface area contributed by atoms with Crippen LogP contribution in [0.3, 0.4) is 0 Å². The summed E-state index contributed by atoms with van der Waals surface area (Å²) < 4.78 is 0. The van der Waals surface area contributed by atoms with Gasteiger partial charge in [-0.15, -0.1) is 0 Å². The van der Waals surface area contributed by atoms with Crippen molar-refractivity contribution in [1.82, 2.24) is 15.3 Å². The minimum absolute atomic E-state index is 0.264. The van der Waals surface area contributed by atoms with Crippen LogP contribution in [0.1, 0.15) is 28.8 Å². The van der Waals surface area contributed by atoms with Crippen LogP contribution < -0.4 is 5.32 Å². The molecule has 25 heavy (non-hydrogen) atoms. The van der Waals surface area contributed by atoms with Crippen molar-refractivity contribution in [2.75, 3.05) is 13.1 Å². The van der Waals surface area contributed by atoms with Crippen molar-refractivity contribution in [3.63, 3.8) is 0 Å². The molecule has 5 heteroatoms. The van der Waals surface area contributed by atoms with Gasteiger partial charge < -0.3 is 15.4 Å². The van der Waals surface area contributed by atoms with Gasteiger partial charge in [-0.2, -0.15) is 0 Å². The lowest BCUT2D eigenvalue weighted by Gasteiger charge is -2.22. The summed E-state index contributed by atoms with van der Waals surface area (Å²) in [7, 11) is 0. The Labute approximate surface area is 146 Å². The predicted molar refractivity (Wildman–Crippen MR) is 97.8 cm³/mol. The first-order valence-corrected chi connectivity index (χ1v) is 8.72. The zero-order valence-electron chi connectivity index (χ0n) is 14.0. The fourth-order valence-corrected chi connectivity index (χ4v) is 3.50. The highest BCUT2D eigenvalue weighted by Crippen LogP contribution is 2.24. The number of H-pyrrole nitrogens is 1. The molecule has 0 bridgehead atoms. The maximum absolute atomic E-state index is 11.1. The number of hydrogen-bond donors (Lipinski definition) is 3. The van der Waals surface area contributed by atoms with Gasteiger partial charge in [-0.3, -0.25) is 0 Å². The first-order chi connectivity index (χ1) is 12.2. The van der Waals surface area contributed by atoms with Crippen molar-refractivity contribution < 1.29 is 9.90 Å². The monoisotopic (exact) mass is 335 g/mol. The largest absolute Gasteiger partial charge is 0.478 e. The Balaban J connectivity index is 1.55. The molecule has 0 unspecified atom stereocenters. The molecule has 1 saturated heterocycles. The van der Waals surface area contributed by atoms with E-state index < -0.39 is 5.97 Å². The maximum Gasteiger partial charge on any atom is 0.335 e. The van der Waals surface area contributed by atoms with Crippen LogP contribution in [-0.4, -0.2) is 34.1 Å². The van der Waals surface area contributed by atoms with E-state index in [2.05, 4.69) is 39.6 Å². The second-order valence-electron chi connectivity index (χ2n) is 6.72. The van der Waals surface area contributed by atoms with Crippen molar-refractivity contribution in [1.29, 1.82) is 0 Å². The third kappa shape index (κ3) is 3.42. The molecule has 1 aliphatic rings. The predicted octanol–water partition coefficient (Wildman–Crippen LogP) is 3.47. The molecule has 2 heterocycles. The van der Waals surface area contributed by atoms with Gasteiger partial charge in [0.15, 0.2) is 0 Å². The molecule has 3 aromatic rings. The van der Waals surface area contributed by atoms with Crippen LogP contribution in [0.25, 0.3) is 22.4 Å². The normalized spacial score (nSPS) is 15.5. The fourth-order valence-electron chi connectivity index (χ4n) is 3.50. The molecule has 3 N–H and O–H groups in total. The van der Waals surface area contributed by atoms with Crippen LogP contribution in [0.4, 0.5) is 0 Å². The Bertz CT molecular complexity index is 893. The van der Waals surface area contributed by atoms with E-state index in [0.717, 1.165) is 47.8 Å². The average molecular weight is 335 g/mol. The lowest BCUT2D eigenvalue weighted by Crippen LogP contribution is -2.28. The number of aromatic nitrogens is 2. The number of nitrogens with one attached hydrogen (secondary N) is 2. The molecule has 0 saturated carbocycles. The number of aromatic amines is 1. The fraction of sp³-hybridized carbons (Fsp3) is 0.300. The molecule has 1 aliphatic heterocycles. The Hall–Kier alpha value is -2.66. The number of carboxylic acids is 1. The lowest BCUT2D eigenvalue weighted by molar-refractivity contribution is 0.0697. The van der Waals surface area contributed by atoms with Gasteiger partial charge in [0.05, 0.1) is 16.6 Å². The van der Waals surface area contributed by atoms with E-state index in [4.69, 9.17) is 5.11 Å². The standard InChI is InChI=1S/C20H21N3O2/c24-20(25)16-5-6-17-18(12-16)23-19(22-17)15-3-1-13(2-4-15)11-14-7-9-21-10-8-14/h1-6,12,14,21H,7-11H2,(H,22,23)(H,24,25). The van der Waals surface area contributed by atoms with Crippen molar-refractivity contribution in [3.05, 3.63) is 53.6 Å². The molecule has 0 aliphatic carbocycles. The first-order valence-electron chi connectivity index (χ1n) is 8.72. The van der Waals surface area contributed by atoms with E-state index in [1.807, 2.05) is 0 Å². The Morgan fingerprint density at radius 1 is 1.12 bits per heavy atom. The maximum atomic E-state index is 11.1. The molecule has 1 aromatic heterocycles. The molecule has 0 spiro atoms. The molecule has 4 rings (SSSR count). The van der Waals surface area contributed by atoms with Crippen LogP contribution >= 0.6 is 0 Å². The summed E-state index contributed by atoms with van der Waals surface area (Å²) in [5.74, 6) is 0.610. The number of benzene rings is 2. The zero-order valence-corrected chi connectivity index (χ0v) is 14.0. The zero-order chi connectivity index (χ0) is 17.2. The average Bonchev–Trinajstić information content (AvgIpc) is 3.06. The minimum atomic E-state index is -0.930. The highest BCUT2D eigenvalue weighted by Gasteiger charge is 2.14. The van der Waals surface area contributed by atoms with Crippen LogP contribution in [0.2, 0.25) is 0 Å². The molecule has 5 nitrogen and oxygen atoms in total. The Morgan fingerprint density at radius 3 is 2.60 bits per heavy atom. The molecule has 0 radical (unpaired) electrons. The third-order valence-electron chi connectivity index (χ3n) is 4.94. The van der Waals surface area contributed by atoms with Gasteiger partial charge in [0.1, 0.15) is 5.82 Å². The van der Waals surface area contributed by atoms with E-state index in [1.165, 1.54) is 18.4 Å². The molecule has 1 fully saturated rings. The highest BCUT2D eigenvalue weighted by molar-refractivity contribution is 5.93. The van der Waals surface area contributed by atoms with Gasteiger partial charge in [-0.1, -0.05) is 24.3 Å². The number of nitrogens with zero attached hydrogens (tertiary/aromatic N) is 1. The summed E-state index contributed by atoms with van der Waals surface area (Å²) in [6.07, 6.45) is 3.62. The number of carboxylic acid groups (broad SMARTS) is 1. The SMILES string of the molecule is O=C(O)c1ccc2nc(-c3ccc(CC4CCNCC4)cc3)[nH]c2c1. The molecule has 2 aromatic carbocycles. The minimum Gasteiger partial charge on any atom is -0.478 e. The summed E-state index contributed by atoms with van der Waals surface area (Å²) in [5.41, 5.74) is 4.16. The summed E-state index contributed by atoms with van der Waals surface area (Å²) in [6.45, 7) is 2.25. The quantitative estimate of drug-likeness (QED) is 0.682. The van der Waals surface area contributed by atoms with Crippen LogP contribution in [0.15, 0.2) is 42.5 Å². The van der Waals surface area contributed by atoms with Crippen molar-refractivity contribution >= 4 is 17.0 Å². The van der Waals surface area contributed by atoms with Gasteiger partial charge in [0.2, 0.25) is 0 Å². The number of imidazole rings is 1. The molecular formula is C20H21N3O2. The number of hydrogen-bond acceptors (Lipinski definition) is 3. The van der Waals surface area contributed by atoms with E-state index in [9.17, 15) is 4.79 Å². The van der Waals surface area contributed by atoms with Gasteiger partial charge in [-0.05, 0) is 62.0 Å². The van der Waals surface area contributed by atoms with Crippen LogP contribution in [0.5, 0.6) is 0 Å². The van der Waals surface area contributed by atoms with Crippen LogP contribution in [0, 0.1) is 5.92 Å². The number of aromatic carboxylic acids is 1. The van der Waals surface area contributed by atoms with Gasteiger partial charge in [0, 0.05) is 5.56 Å². The van der Waals surface area contributed by atoms with Crippen molar-refractivity contribution in [2.24, 2.45) is 5.92 Å². The lowest BCUT2D eigenvalue weighted by atomic mass is 9.91. The summed E-state index contributed by atoms with van der Waals surface area (Å²) in [4.78, 5) is 18.9. The number of piperidine rings is 1. The van der Waals surface area contributed by atoms with E-state index in [0.29, 0.717) is 0 Å². The smallest absolute Gasteiger partial charge is 0.335 e. The van der Waals surface area contributed by atoms with Crippen molar-refractivity contribution in [3.8, 4) is 11.4 Å². The molecule has 0 amide bonds. The topological polar surface area (TPSA) is 78.0 Å². The van der Waals surface area contributed by atoms with Gasteiger partial charge in [-0.25, -0.2) is 9.78 Å². The van der Waals surface area contributed by atoms with Gasteiger partial charge >= 0.3 is 5.97 Å². The molecular weight excluding hydrogens is 314 g/mol. The third-order valence-corrected chi connectivity index (χ3v) is 4.94. The summed E-state index contributed by atoms with van der Waals surface area (Å²) in [6, 6.07) is 13.5. The number of carbonyl (C=O) groups is 1. The molecule has 0 atom stereocenters. The van der Waals surface area contributed by atoms with Crippen LogP contribution in [-0.2, 0) is 6.42 Å². The Kier molecular flexibility index (Phi) is 4.24. The number of rotatable bonds is 4. The van der Waals surface area contributed by atoms with Gasteiger partial charge in [0.25, 0.3) is 0 Å². The second-order valence-corrected chi connectivity index (χ2v) is 6.72.